The number of ether oxygens (including phenoxy) is 1. The van der Waals surface area contributed by atoms with Gasteiger partial charge in [0.1, 0.15) is 0 Å². The molecule has 1 unspecified atom stereocenters. The first kappa shape index (κ1) is 14.3. The smallest absolute Gasteiger partial charge is 0.0589 e. The summed E-state index contributed by atoms with van der Waals surface area (Å²) >= 11 is 0. The molecule has 1 atom stereocenters. The van der Waals surface area contributed by atoms with E-state index in [1.165, 1.54) is 25.9 Å². The number of piperidine rings is 1. The molecule has 86 valence electrons. The Bertz CT molecular complexity index is 114. The van der Waals surface area contributed by atoms with E-state index in [1.807, 2.05) is 13.8 Å². The number of hydrogen-bond acceptors (Lipinski definition) is 2. The lowest BCUT2D eigenvalue weighted by atomic mass is 10.1. The summed E-state index contributed by atoms with van der Waals surface area (Å²) in [7, 11) is 2.92. The molecule has 0 aromatic carbocycles. The minimum Gasteiger partial charge on any atom is -0.383 e. The second-order valence-electron chi connectivity index (χ2n) is 3.40. The van der Waals surface area contributed by atoms with Crippen molar-refractivity contribution in [1.29, 1.82) is 0 Å². The first-order valence-corrected chi connectivity index (χ1v) is 7.33. The molecule has 0 bridgehead atoms. The van der Waals surface area contributed by atoms with Crippen molar-refractivity contribution in [2.75, 3.05) is 40.0 Å². The molecule has 1 aliphatic rings. The fraction of sp³-hybridized carbons (Fsp3) is 1.00. The Hall–Kier alpha value is 0.350. The first-order valence-electron chi connectivity index (χ1n) is 5.75. The normalized spacial score (nSPS) is 19.7. The van der Waals surface area contributed by atoms with Gasteiger partial charge in [-0.1, -0.05) is 13.8 Å². The summed E-state index contributed by atoms with van der Waals surface area (Å²) < 4.78 is 5.06. The molecular formula is C11H26NOP. The molecular weight excluding hydrogens is 193 g/mol. The zero-order chi connectivity index (χ0) is 10.8. The number of methoxy groups -OCH3 is 1. The third-order valence-corrected chi connectivity index (χ3v) is 4.00. The number of nitrogens with zero attached hydrogens (tertiary/aromatic N) is 1. The quantitative estimate of drug-likeness (QED) is 0.673. The number of likely N-dealkylation sites (tertiary alicyclic amines) is 1. The Labute approximate surface area is 91.2 Å². The maximum atomic E-state index is 5.06. The molecule has 1 fully saturated rings. The van der Waals surface area contributed by atoms with Crippen LogP contribution in [0.4, 0.5) is 0 Å². The van der Waals surface area contributed by atoms with Crippen molar-refractivity contribution >= 4 is 8.58 Å². The lowest BCUT2D eigenvalue weighted by molar-refractivity contribution is 0.136. The van der Waals surface area contributed by atoms with E-state index in [0.717, 1.165) is 27.4 Å². The van der Waals surface area contributed by atoms with E-state index in [4.69, 9.17) is 4.74 Å². The molecule has 1 rings (SSSR count). The van der Waals surface area contributed by atoms with E-state index < -0.39 is 0 Å². The lowest BCUT2D eigenvalue weighted by Crippen LogP contribution is -2.36. The van der Waals surface area contributed by atoms with Gasteiger partial charge in [-0.05, 0) is 38.3 Å². The van der Waals surface area contributed by atoms with E-state index in [9.17, 15) is 0 Å². The van der Waals surface area contributed by atoms with Crippen LogP contribution in [0.15, 0.2) is 0 Å². The fourth-order valence-electron chi connectivity index (χ4n) is 1.67. The van der Waals surface area contributed by atoms with Crippen LogP contribution in [0.3, 0.4) is 0 Å². The molecule has 3 heteroatoms. The second kappa shape index (κ2) is 9.89. The van der Waals surface area contributed by atoms with Gasteiger partial charge in [0.15, 0.2) is 0 Å². The summed E-state index contributed by atoms with van der Waals surface area (Å²) in [6.07, 6.45) is 2.80. The van der Waals surface area contributed by atoms with Gasteiger partial charge in [0, 0.05) is 13.7 Å². The summed E-state index contributed by atoms with van der Waals surface area (Å²) in [5, 5.41) is 0. The Morgan fingerprint density at radius 1 is 1.29 bits per heavy atom. The van der Waals surface area contributed by atoms with Crippen LogP contribution in [0.5, 0.6) is 0 Å². The molecule has 0 aliphatic carbocycles. The van der Waals surface area contributed by atoms with Gasteiger partial charge in [-0.25, -0.2) is 0 Å². The van der Waals surface area contributed by atoms with Crippen LogP contribution in [0.25, 0.3) is 0 Å². The maximum absolute atomic E-state index is 5.06. The van der Waals surface area contributed by atoms with Gasteiger partial charge < -0.3 is 9.64 Å². The minimum atomic E-state index is 0.888. The molecule has 2 nitrogen and oxygen atoms in total. The Morgan fingerprint density at radius 2 is 1.86 bits per heavy atom. The van der Waals surface area contributed by atoms with Crippen LogP contribution < -0.4 is 0 Å². The number of hydrogen-bond donors (Lipinski definition) is 0. The Balaban J connectivity index is 0.000000791. The van der Waals surface area contributed by atoms with Crippen molar-refractivity contribution in [3.8, 4) is 0 Å². The summed E-state index contributed by atoms with van der Waals surface area (Å²) in [5.74, 6) is 0. The fourth-order valence-corrected chi connectivity index (χ4v) is 2.50. The molecule has 0 aromatic heterocycles. The maximum Gasteiger partial charge on any atom is 0.0589 e. The third-order valence-electron chi connectivity index (χ3n) is 2.61. The molecule has 0 amide bonds. The largest absolute Gasteiger partial charge is 0.383 e. The van der Waals surface area contributed by atoms with Crippen LogP contribution in [-0.4, -0.2) is 50.6 Å². The highest BCUT2D eigenvalue weighted by atomic mass is 31.1. The average Bonchev–Trinajstić information content (AvgIpc) is 2.30. The van der Waals surface area contributed by atoms with Crippen LogP contribution in [0, 0.1) is 0 Å². The third kappa shape index (κ3) is 5.95. The molecule has 0 spiro atoms. The van der Waals surface area contributed by atoms with E-state index in [2.05, 4.69) is 11.6 Å². The summed E-state index contributed by atoms with van der Waals surface area (Å²) in [6, 6.07) is 0. The molecule has 0 radical (unpaired) electrons. The molecule has 0 aromatic rings. The average molecular weight is 219 g/mol. The van der Waals surface area contributed by atoms with E-state index in [0.29, 0.717) is 0 Å². The van der Waals surface area contributed by atoms with Gasteiger partial charge in [0.2, 0.25) is 0 Å². The predicted octanol–water partition coefficient (Wildman–Crippen LogP) is 2.43. The molecule has 14 heavy (non-hydrogen) atoms. The Morgan fingerprint density at radius 3 is 2.29 bits per heavy atom. The highest BCUT2D eigenvalue weighted by Gasteiger charge is 2.16. The Kier molecular flexibility index (Phi) is 10.1. The van der Waals surface area contributed by atoms with Crippen molar-refractivity contribution in [1.82, 2.24) is 4.90 Å². The van der Waals surface area contributed by atoms with E-state index in [-0.39, 0.29) is 0 Å². The van der Waals surface area contributed by atoms with Crippen LogP contribution in [0.2, 0.25) is 0 Å². The zero-order valence-corrected chi connectivity index (χ0v) is 11.2. The lowest BCUT2D eigenvalue weighted by Gasteiger charge is -2.31. The monoisotopic (exact) mass is 219 g/mol. The van der Waals surface area contributed by atoms with Crippen molar-refractivity contribution in [3.63, 3.8) is 0 Å². The van der Waals surface area contributed by atoms with Gasteiger partial charge >= 0.3 is 0 Å². The predicted molar refractivity (Wildman–Crippen MR) is 66.9 cm³/mol. The van der Waals surface area contributed by atoms with Gasteiger partial charge in [0.25, 0.3) is 0 Å². The molecule has 0 N–H and O–H groups in total. The van der Waals surface area contributed by atoms with Gasteiger partial charge in [-0.3, -0.25) is 0 Å². The molecule has 0 saturated carbocycles. The first-order chi connectivity index (χ1) is 6.86. The van der Waals surface area contributed by atoms with Crippen molar-refractivity contribution in [2.45, 2.75) is 32.3 Å². The second-order valence-corrected chi connectivity index (χ2v) is 4.79. The minimum absolute atomic E-state index is 0.888. The van der Waals surface area contributed by atoms with E-state index in [1.54, 1.807) is 7.11 Å². The van der Waals surface area contributed by atoms with Crippen LogP contribution >= 0.6 is 8.58 Å². The van der Waals surface area contributed by atoms with Crippen molar-refractivity contribution in [3.05, 3.63) is 0 Å². The van der Waals surface area contributed by atoms with Crippen molar-refractivity contribution < 1.29 is 4.74 Å². The molecule has 1 saturated heterocycles. The standard InChI is InChI=1S/C9H20NOP.C2H6/c1-11-8-7-10-5-3-9(12-2)4-6-10;1-2/h9,12H,3-8H2,1-2H3;1-2H3. The van der Waals surface area contributed by atoms with Gasteiger partial charge in [-0.2, -0.15) is 0 Å². The molecule has 1 aliphatic heterocycles. The molecule has 1 heterocycles. The highest BCUT2D eigenvalue weighted by molar-refractivity contribution is 7.37. The summed E-state index contributed by atoms with van der Waals surface area (Å²) in [4.78, 5) is 2.51. The highest BCUT2D eigenvalue weighted by Crippen LogP contribution is 2.25. The SMILES string of the molecule is CC.COCCN1CCC(PC)CC1. The van der Waals surface area contributed by atoms with Crippen LogP contribution in [0.1, 0.15) is 26.7 Å². The summed E-state index contributed by atoms with van der Waals surface area (Å²) in [6.45, 7) is 10.9. The van der Waals surface area contributed by atoms with Crippen molar-refractivity contribution in [2.24, 2.45) is 0 Å². The van der Waals surface area contributed by atoms with E-state index >= 15 is 0 Å². The topological polar surface area (TPSA) is 12.5 Å². The summed E-state index contributed by atoms with van der Waals surface area (Å²) in [5.41, 5.74) is 1.02. The number of rotatable bonds is 4. The van der Waals surface area contributed by atoms with Gasteiger partial charge in [0.05, 0.1) is 6.61 Å². The van der Waals surface area contributed by atoms with Gasteiger partial charge in [-0.15, -0.1) is 8.58 Å². The van der Waals surface area contributed by atoms with Crippen LogP contribution in [-0.2, 0) is 4.74 Å². The zero-order valence-electron chi connectivity index (χ0n) is 10.2.